The van der Waals surface area contributed by atoms with E-state index in [9.17, 15) is 0 Å². The highest BCUT2D eigenvalue weighted by Gasteiger charge is 2.06. The average Bonchev–Trinajstić information content (AvgIpc) is 2.33. The molecule has 1 aromatic carbocycles. The monoisotopic (exact) mass is 283 g/mol. The lowest BCUT2D eigenvalue weighted by Crippen LogP contribution is -2.04. The lowest BCUT2D eigenvalue weighted by molar-refractivity contribution is 1.05. The van der Waals surface area contributed by atoms with Gasteiger partial charge >= 0.3 is 0 Å². The average molecular weight is 284 g/mol. The molecule has 0 aliphatic carbocycles. The highest BCUT2D eigenvalue weighted by molar-refractivity contribution is 6.33. The Kier molecular flexibility index (Phi) is 3.84. The molecule has 0 saturated carbocycles. The molecule has 2 aromatic rings. The van der Waals surface area contributed by atoms with Gasteiger partial charge in [0.05, 0.1) is 10.7 Å². The van der Waals surface area contributed by atoms with Gasteiger partial charge in [-0.1, -0.05) is 17.7 Å². The lowest BCUT2D eigenvalue weighted by atomic mass is 10.2. The molecule has 0 amide bonds. The van der Waals surface area contributed by atoms with Gasteiger partial charge in [-0.2, -0.15) is 15.0 Å². The van der Waals surface area contributed by atoms with Crippen LogP contribution in [0.2, 0.25) is 10.3 Å². The SMILES string of the molecule is CNc1nc(Cl)nc(Nc2cc(C)ccc2Cl)n1. The van der Waals surface area contributed by atoms with E-state index < -0.39 is 0 Å². The molecule has 0 saturated heterocycles. The molecule has 2 rings (SSSR count). The summed E-state index contributed by atoms with van der Waals surface area (Å²) in [4.78, 5) is 12.0. The maximum absolute atomic E-state index is 6.08. The minimum atomic E-state index is 0.112. The zero-order chi connectivity index (χ0) is 13.1. The maximum atomic E-state index is 6.08. The normalized spacial score (nSPS) is 10.2. The standard InChI is InChI=1S/C11H11Cl2N5/c1-6-3-4-7(12)8(5-6)15-11-17-9(13)16-10(14-2)18-11/h3-5H,1-2H3,(H2,14,15,16,17,18). The fourth-order valence-corrected chi connectivity index (χ4v) is 1.70. The highest BCUT2D eigenvalue weighted by atomic mass is 35.5. The van der Waals surface area contributed by atoms with Gasteiger partial charge in [-0.25, -0.2) is 0 Å². The van der Waals surface area contributed by atoms with Gasteiger partial charge < -0.3 is 10.6 Å². The first-order valence-electron chi connectivity index (χ1n) is 5.21. The van der Waals surface area contributed by atoms with E-state index in [1.165, 1.54) is 0 Å². The van der Waals surface area contributed by atoms with Crippen LogP contribution < -0.4 is 10.6 Å². The predicted molar refractivity (Wildman–Crippen MR) is 73.9 cm³/mol. The van der Waals surface area contributed by atoms with Gasteiger partial charge in [0.25, 0.3) is 0 Å². The number of hydrogen-bond acceptors (Lipinski definition) is 5. The van der Waals surface area contributed by atoms with Gasteiger partial charge in [-0.15, -0.1) is 0 Å². The summed E-state index contributed by atoms with van der Waals surface area (Å²) in [6.07, 6.45) is 0. The first-order valence-corrected chi connectivity index (χ1v) is 5.96. The molecular formula is C11H11Cl2N5. The van der Waals surface area contributed by atoms with Crippen molar-refractivity contribution in [2.75, 3.05) is 17.7 Å². The second-order valence-corrected chi connectivity index (χ2v) is 4.36. The summed E-state index contributed by atoms with van der Waals surface area (Å²) in [6, 6.07) is 5.63. The van der Waals surface area contributed by atoms with E-state index in [4.69, 9.17) is 23.2 Å². The molecule has 18 heavy (non-hydrogen) atoms. The molecule has 0 unspecified atom stereocenters. The Morgan fingerprint density at radius 2 is 1.78 bits per heavy atom. The van der Waals surface area contributed by atoms with E-state index in [-0.39, 0.29) is 5.28 Å². The van der Waals surface area contributed by atoms with E-state index in [1.807, 2.05) is 19.1 Å². The first-order chi connectivity index (χ1) is 8.58. The lowest BCUT2D eigenvalue weighted by Gasteiger charge is -2.08. The van der Waals surface area contributed by atoms with Crippen molar-refractivity contribution in [2.24, 2.45) is 0 Å². The summed E-state index contributed by atoms with van der Waals surface area (Å²) in [6.45, 7) is 1.97. The highest BCUT2D eigenvalue weighted by Crippen LogP contribution is 2.25. The Hall–Kier alpha value is -1.59. The molecule has 0 spiro atoms. The van der Waals surface area contributed by atoms with E-state index >= 15 is 0 Å². The summed E-state index contributed by atoms with van der Waals surface area (Å²) in [7, 11) is 1.70. The number of aryl methyl sites for hydroxylation is 1. The van der Waals surface area contributed by atoms with Crippen molar-refractivity contribution in [3.8, 4) is 0 Å². The van der Waals surface area contributed by atoms with Crippen molar-refractivity contribution in [1.82, 2.24) is 15.0 Å². The summed E-state index contributed by atoms with van der Waals surface area (Å²) >= 11 is 11.9. The third-order valence-corrected chi connectivity index (χ3v) is 2.70. The van der Waals surface area contributed by atoms with Crippen LogP contribution in [0.4, 0.5) is 17.6 Å². The van der Waals surface area contributed by atoms with Gasteiger partial charge in [-0.05, 0) is 36.2 Å². The molecular weight excluding hydrogens is 273 g/mol. The van der Waals surface area contributed by atoms with Gasteiger partial charge in [0.2, 0.25) is 17.2 Å². The van der Waals surface area contributed by atoms with Crippen molar-refractivity contribution >= 4 is 40.8 Å². The van der Waals surface area contributed by atoms with Crippen LogP contribution in [0, 0.1) is 6.92 Å². The molecule has 7 heteroatoms. The third kappa shape index (κ3) is 3.00. The zero-order valence-corrected chi connectivity index (χ0v) is 11.3. The number of halogens is 2. The Balaban J connectivity index is 2.33. The van der Waals surface area contributed by atoms with Crippen molar-refractivity contribution < 1.29 is 0 Å². The van der Waals surface area contributed by atoms with Gasteiger partial charge in [-0.3, -0.25) is 0 Å². The second-order valence-electron chi connectivity index (χ2n) is 3.61. The number of aromatic nitrogens is 3. The first kappa shape index (κ1) is 12.9. The smallest absolute Gasteiger partial charge is 0.233 e. The van der Waals surface area contributed by atoms with E-state index in [0.717, 1.165) is 11.3 Å². The fourth-order valence-electron chi connectivity index (χ4n) is 1.37. The van der Waals surface area contributed by atoms with Crippen LogP contribution in [-0.2, 0) is 0 Å². The second kappa shape index (κ2) is 5.37. The predicted octanol–water partition coefficient (Wildman–Crippen LogP) is 3.27. The van der Waals surface area contributed by atoms with Crippen LogP contribution in [-0.4, -0.2) is 22.0 Å². The molecule has 94 valence electrons. The summed E-state index contributed by atoms with van der Waals surface area (Å²) in [5, 5.41) is 6.51. The third-order valence-electron chi connectivity index (χ3n) is 2.20. The maximum Gasteiger partial charge on any atom is 0.233 e. The molecule has 0 bridgehead atoms. The van der Waals surface area contributed by atoms with E-state index in [2.05, 4.69) is 25.6 Å². The minimum absolute atomic E-state index is 0.112. The van der Waals surface area contributed by atoms with Crippen molar-refractivity contribution in [3.05, 3.63) is 34.1 Å². The Bertz CT molecular complexity index is 573. The van der Waals surface area contributed by atoms with Gasteiger partial charge in [0.15, 0.2) is 0 Å². The number of rotatable bonds is 3. The number of nitrogens with one attached hydrogen (secondary N) is 2. The van der Waals surface area contributed by atoms with Crippen LogP contribution in [0.3, 0.4) is 0 Å². The molecule has 1 aromatic heterocycles. The molecule has 5 nitrogen and oxygen atoms in total. The Morgan fingerprint density at radius 3 is 2.50 bits per heavy atom. The number of hydrogen-bond donors (Lipinski definition) is 2. The minimum Gasteiger partial charge on any atom is -0.357 e. The fraction of sp³-hybridized carbons (Fsp3) is 0.182. The summed E-state index contributed by atoms with van der Waals surface area (Å²) < 4.78 is 0. The number of nitrogens with zero attached hydrogens (tertiary/aromatic N) is 3. The molecule has 1 heterocycles. The number of benzene rings is 1. The van der Waals surface area contributed by atoms with Crippen LogP contribution in [0.1, 0.15) is 5.56 Å². The van der Waals surface area contributed by atoms with E-state index in [0.29, 0.717) is 16.9 Å². The van der Waals surface area contributed by atoms with Crippen LogP contribution in [0.25, 0.3) is 0 Å². The molecule has 0 aliphatic rings. The topological polar surface area (TPSA) is 62.7 Å². The summed E-state index contributed by atoms with van der Waals surface area (Å²) in [5.74, 6) is 0.730. The van der Waals surface area contributed by atoms with Crippen molar-refractivity contribution in [1.29, 1.82) is 0 Å². The van der Waals surface area contributed by atoms with Crippen LogP contribution in [0.5, 0.6) is 0 Å². The van der Waals surface area contributed by atoms with Crippen molar-refractivity contribution in [2.45, 2.75) is 6.92 Å². The molecule has 0 radical (unpaired) electrons. The summed E-state index contributed by atoms with van der Waals surface area (Å²) in [5.41, 5.74) is 1.80. The Labute approximate surface area is 115 Å². The largest absolute Gasteiger partial charge is 0.357 e. The Morgan fingerprint density at radius 1 is 1.06 bits per heavy atom. The quantitative estimate of drug-likeness (QED) is 0.905. The molecule has 2 N–H and O–H groups in total. The van der Waals surface area contributed by atoms with Crippen LogP contribution in [0.15, 0.2) is 18.2 Å². The number of anilines is 3. The molecule has 0 atom stereocenters. The van der Waals surface area contributed by atoms with E-state index in [1.54, 1.807) is 13.1 Å². The van der Waals surface area contributed by atoms with Gasteiger partial charge in [0, 0.05) is 7.05 Å². The zero-order valence-electron chi connectivity index (χ0n) is 9.83. The van der Waals surface area contributed by atoms with Gasteiger partial charge in [0.1, 0.15) is 0 Å². The van der Waals surface area contributed by atoms with Crippen LogP contribution >= 0.6 is 23.2 Å². The molecule has 0 fully saturated rings. The molecule has 0 aliphatic heterocycles. The van der Waals surface area contributed by atoms with Crippen molar-refractivity contribution in [3.63, 3.8) is 0 Å².